The Morgan fingerprint density at radius 1 is 1.32 bits per heavy atom. The predicted molar refractivity (Wildman–Crippen MR) is 87.3 cm³/mol. The molecule has 6 heteroatoms. The number of aromatic nitrogens is 1. The lowest BCUT2D eigenvalue weighted by Gasteiger charge is -2.16. The van der Waals surface area contributed by atoms with Crippen LogP contribution in [0.5, 0.6) is 0 Å². The fourth-order valence-electron chi connectivity index (χ4n) is 2.14. The average Bonchev–Trinajstić information content (AvgIpc) is 2.84. The van der Waals surface area contributed by atoms with Crippen molar-refractivity contribution < 1.29 is 9.32 Å². The molecule has 0 saturated heterocycles. The summed E-state index contributed by atoms with van der Waals surface area (Å²) < 4.78 is 4.90. The first kappa shape index (κ1) is 15.9. The number of hydrogen-bond acceptors (Lipinski definition) is 4. The van der Waals surface area contributed by atoms with E-state index in [1.807, 2.05) is 21.0 Å². The van der Waals surface area contributed by atoms with Crippen LogP contribution in [0.4, 0.5) is 16.3 Å². The van der Waals surface area contributed by atoms with E-state index in [0.29, 0.717) is 11.6 Å². The Morgan fingerprint density at radius 2 is 2.00 bits per heavy atom. The van der Waals surface area contributed by atoms with Crippen molar-refractivity contribution in [2.24, 2.45) is 0 Å². The molecule has 1 aromatic carbocycles. The van der Waals surface area contributed by atoms with E-state index in [0.717, 1.165) is 12.1 Å². The van der Waals surface area contributed by atoms with Gasteiger partial charge in [-0.1, -0.05) is 17.3 Å². The monoisotopic (exact) mass is 302 g/mol. The lowest BCUT2D eigenvalue weighted by atomic mass is 10.1. The van der Waals surface area contributed by atoms with Gasteiger partial charge in [0.05, 0.1) is 0 Å². The summed E-state index contributed by atoms with van der Waals surface area (Å²) in [6, 6.07) is 9.69. The normalized spacial score (nSPS) is 11.8. The maximum atomic E-state index is 11.9. The molecule has 22 heavy (non-hydrogen) atoms. The van der Waals surface area contributed by atoms with Crippen molar-refractivity contribution in [2.75, 3.05) is 24.3 Å². The Bertz CT molecular complexity index is 619. The van der Waals surface area contributed by atoms with Crippen LogP contribution in [0.3, 0.4) is 0 Å². The first-order chi connectivity index (χ1) is 10.4. The smallest absolute Gasteiger partial charge is 0.320 e. The van der Waals surface area contributed by atoms with Crippen LogP contribution in [-0.2, 0) is 6.42 Å². The van der Waals surface area contributed by atoms with Crippen molar-refractivity contribution in [2.45, 2.75) is 26.3 Å². The summed E-state index contributed by atoms with van der Waals surface area (Å²) in [5.41, 5.74) is 2.33. The Kier molecular flexibility index (Phi) is 5.04. The van der Waals surface area contributed by atoms with Gasteiger partial charge in [-0.3, -0.25) is 5.32 Å². The van der Waals surface area contributed by atoms with Gasteiger partial charge in [-0.15, -0.1) is 0 Å². The van der Waals surface area contributed by atoms with E-state index >= 15 is 0 Å². The van der Waals surface area contributed by atoms with Gasteiger partial charge in [0.15, 0.2) is 5.82 Å². The largest absolute Gasteiger partial charge is 0.378 e. The van der Waals surface area contributed by atoms with E-state index < -0.39 is 0 Å². The molecular formula is C16H22N4O2. The lowest BCUT2D eigenvalue weighted by molar-refractivity contribution is 0.249. The summed E-state index contributed by atoms with van der Waals surface area (Å²) in [7, 11) is 4.02. The Labute approximate surface area is 130 Å². The molecule has 1 atom stereocenters. The predicted octanol–water partition coefficient (Wildman–Crippen LogP) is 2.80. The maximum absolute atomic E-state index is 11.9. The Balaban J connectivity index is 1.84. The summed E-state index contributed by atoms with van der Waals surface area (Å²) >= 11 is 0. The number of nitrogens with one attached hydrogen (secondary N) is 2. The molecule has 0 spiro atoms. The third-order valence-corrected chi connectivity index (χ3v) is 3.24. The van der Waals surface area contributed by atoms with Crippen molar-refractivity contribution in [1.29, 1.82) is 0 Å². The van der Waals surface area contributed by atoms with Crippen LogP contribution in [0.1, 0.15) is 18.2 Å². The summed E-state index contributed by atoms with van der Waals surface area (Å²) in [5.74, 6) is 1.07. The molecule has 6 nitrogen and oxygen atoms in total. The zero-order valence-corrected chi connectivity index (χ0v) is 13.4. The van der Waals surface area contributed by atoms with Gasteiger partial charge >= 0.3 is 6.03 Å². The van der Waals surface area contributed by atoms with Gasteiger partial charge in [0, 0.05) is 31.9 Å². The minimum Gasteiger partial charge on any atom is -0.378 e. The number of benzene rings is 1. The standard InChI is InChI=1S/C16H22N4O2/c1-11(9-13-5-7-14(8-6-13)20(3)4)17-16(21)18-15-10-12(2)22-19-15/h5-8,10-11H,9H2,1-4H3,(H2,17,18,19,21)/t11-/m1/s1. The first-order valence-electron chi connectivity index (χ1n) is 7.21. The molecular weight excluding hydrogens is 280 g/mol. The van der Waals surface area contributed by atoms with Crippen LogP contribution >= 0.6 is 0 Å². The van der Waals surface area contributed by atoms with Gasteiger partial charge in [0.25, 0.3) is 0 Å². The van der Waals surface area contributed by atoms with Crippen LogP contribution in [0, 0.1) is 6.92 Å². The molecule has 2 aromatic rings. The molecule has 1 aromatic heterocycles. The molecule has 0 radical (unpaired) electrons. The molecule has 0 aliphatic rings. The SMILES string of the molecule is Cc1cc(NC(=O)N[C@H](C)Cc2ccc(N(C)C)cc2)no1. The molecule has 0 aliphatic carbocycles. The summed E-state index contributed by atoms with van der Waals surface area (Å²) in [6.45, 7) is 3.74. The fraction of sp³-hybridized carbons (Fsp3) is 0.375. The van der Waals surface area contributed by atoms with Gasteiger partial charge in [0.2, 0.25) is 0 Å². The molecule has 118 valence electrons. The number of rotatable bonds is 5. The van der Waals surface area contributed by atoms with Crippen molar-refractivity contribution in [3.8, 4) is 0 Å². The topological polar surface area (TPSA) is 70.4 Å². The second-order valence-electron chi connectivity index (χ2n) is 5.59. The molecule has 1 heterocycles. The zero-order valence-electron chi connectivity index (χ0n) is 13.4. The van der Waals surface area contributed by atoms with Crippen molar-refractivity contribution >= 4 is 17.5 Å². The molecule has 0 bridgehead atoms. The lowest BCUT2D eigenvalue weighted by Crippen LogP contribution is -2.37. The van der Waals surface area contributed by atoms with E-state index in [1.165, 1.54) is 5.56 Å². The number of amides is 2. The molecule has 2 rings (SSSR count). The van der Waals surface area contributed by atoms with Gasteiger partial charge < -0.3 is 14.7 Å². The highest BCUT2D eigenvalue weighted by Gasteiger charge is 2.10. The number of hydrogen-bond donors (Lipinski definition) is 2. The minimum absolute atomic E-state index is 0.0122. The van der Waals surface area contributed by atoms with E-state index in [2.05, 4.69) is 45.0 Å². The first-order valence-corrected chi connectivity index (χ1v) is 7.21. The third kappa shape index (κ3) is 4.51. The van der Waals surface area contributed by atoms with Gasteiger partial charge in [-0.25, -0.2) is 4.79 Å². The number of aryl methyl sites for hydroxylation is 1. The highest BCUT2D eigenvalue weighted by atomic mass is 16.5. The van der Waals surface area contributed by atoms with Crippen LogP contribution in [0.15, 0.2) is 34.9 Å². The van der Waals surface area contributed by atoms with E-state index in [1.54, 1.807) is 13.0 Å². The number of carbonyl (C=O) groups excluding carboxylic acids is 1. The minimum atomic E-state index is -0.286. The zero-order chi connectivity index (χ0) is 16.1. The summed E-state index contributed by atoms with van der Waals surface area (Å²) in [6.07, 6.45) is 0.763. The number of nitrogens with zero attached hydrogens (tertiary/aromatic N) is 2. The number of urea groups is 1. The molecule has 0 unspecified atom stereocenters. The summed E-state index contributed by atoms with van der Waals surface area (Å²) in [5, 5.41) is 9.24. The van der Waals surface area contributed by atoms with Crippen LogP contribution < -0.4 is 15.5 Å². The van der Waals surface area contributed by atoms with Gasteiger partial charge in [-0.05, 0) is 38.0 Å². The van der Waals surface area contributed by atoms with Gasteiger partial charge in [-0.2, -0.15) is 0 Å². The Morgan fingerprint density at radius 3 is 2.55 bits per heavy atom. The molecule has 0 saturated carbocycles. The second-order valence-corrected chi connectivity index (χ2v) is 5.59. The van der Waals surface area contributed by atoms with Crippen molar-refractivity contribution in [3.63, 3.8) is 0 Å². The molecule has 0 fully saturated rings. The quantitative estimate of drug-likeness (QED) is 0.891. The average molecular weight is 302 g/mol. The number of carbonyl (C=O) groups is 1. The van der Waals surface area contributed by atoms with Crippen LogP contribution in [-0.4, -0.2) is 31.3 Å². The molecule has 2 amide bonds. The second kappa shape index (κ2) is 6.98. The van der Waals surface area contributed by atoms with Gasteiger partial charge in [0.1, 0.15) is 5.76 Å². The Hall–Kier alpha value is -2.50. The highest BCUT2D eigenvalue weighted by molar-refractivity contribution is 5.88. The molecule has 0 aliphatic heterocycles. The highest BCUT2D eigenvalue weighted by Crippen LogP contribution is 2.13. The molecule has 2 N–H and O–H groups in total. The van der Waals surface area contributed by atoms with Crippen molar-refractivity contribution in [1.82, 2.24) is 10.5 Å². The summed E-state index contributed by atoms with van der Waals surface area (Å²) in [4.78, 5) is 13.9. The number of anilines is 2. The maximum Gasteiger partial charge on any atom is 0.320 e. The van der Waals surface area contributed by atoms with E-state index in [-0.39, 0.29) is 12.1 Å². The van der Waals surface area contributed by atoms with Crippen LogP contribution in [0.25, 0.3) is 0 Å². The fourth-order valence-corrected chi connectivity index (χ4v) is 2.14. The van der Waals surface area contributed by atoms with E-state index in [4.69, 9.17) is 4.52 Å². The van der Waals surface area contributed by atoms with Crippen molar-refractivity contribution in [3.05, 3.63) is 41.7 Å². The van der Waals surface area contributed by atoms with E-state index in [9.17, 15) is 4.79 Å². The third-order valence-electron chi connectivity index (χ3n) is 3.24. The van der Waals surface area contributed by atoms with Crippen LogP contribution in [0.2, 0.25) is 0 Å².